The maximum atomic E-state index is 5.58. The van der Waals surface area contributed by atoms with Gasteiger partial charge in [-0.25, -0.2) is 0 Å². The minimum atomic E-state index is 0.799. The number of nitrogens with two attached hydrogens (primary N) is 1. The highest BCUT2D eigenvalue weighted by Gasteiger charge is 2.14. The summed E-state index contributed by atoms with van der Waals surface area (Å²) in [5, 5.41) is 0. The van der Waals surface area contributed by atoms with Gasteiger partial charge in [0.2, 0.25) is 0 Å². The number of aromatic nitrogens is 1. The molecular weight excluding hydrogens is 236 g/mol. The number of hydrogen-bond donors (Lipinski definition) is 1. The highest BCUT2D eigenvalue weighted by atomic mass is 15.2. The molecule has 1 aromatic heterocycles. The second-order valence-electron chi connectivity index (χ2n) is 5.38. The van der Waals surface area contributed by atoms with Crippen LogP contribution in [0.1, 0.15) is 24.2 Å². The fraction of sp³-hybridized carbons (Fsp3) is 0.667. The first kappa shape index (κ1) is 14.4. The minimum Gasteiger partial charge on any atom is -0.330 e. The zero-order chi connectivity index (χ0) is 13.5. The molecule has 1 aromatic rings. The van der Waals surface area contributed by atoms with Crippen LogP contribution < -0.4 is 5.73 Å². The Kier molecular flexibility index (Phi) is 5.76. The predicted octanol–water partition coefficient (Wildman–Crippen LogP) is 1.25. The van der Waals surface area contributed by atoms with Crippen molar-refractivity contribution >= 4 is 0 Å². The summed E-state index contributed by atoms with van der Waals surface area (Å²) in [6, 6.07) is 6.29. The van der Waals surface area contributed by atoms with Gasteiger partial charge in [0.05, 0.1) is 5.69 Å². The lowest BCUT2D eigenvalue weighted by Crippen LogP contribution is -2.32. The van der Waals surface area contributed by atoms with E-state index in [1.165, 1.54) is 25.2 Å². The molecule has 19 heavy (non-hydrogen) atoms. The zero-order valence-corrected chi connectivity index (χ0v) is 12.0. The molecule has 0 saturated carbocycles. The minimum absolute atomic E-state index is 0.799. The van der Waals surface area contributed by atoms with Crippen LogP contribution >= 0.6 is 0 Å². The third kappa shape index (κ3) is 4.90. The van der Waals surface area contributed by atoms with Crippen LogP contribution in [-0.2, 0) is 6.54 Å². The van der Waals surface area contributed by atoms with Gasteiger partial charge in [-0.15, -0.1) is 0 Å². The number of aryl methyl sites for hydroxylation is 1. The molecular formula is C15H26N4. The van der Waals surface area contributed by atoms with Gasteiger partial charge in [-0.3, -0.25) is 9.88 Å². The molecule has 0 bridgehead atoms. The highest BCUT2D eigenvalue weighted by molar-refractivity contribution is 5.09. The summed E-state index contributed by atoms with van der Waals surface area (Å²) in [6.07, 6.45) is 2.36. The molecule has 1 fully saturated rings. The van der Waals surface area contributed by atoms with Crippen LogP contribution in [0.2, 0.25) is 0 Å². The Bertz CT molecular complexity index is 380. The third-order valence-electron chi connectivity index (χ3n) is 3.69. The fourth-order valence-corrected chi connectivity index (χ4v) is 2.64. The molecule has 2 heterocycles. The molecule has 0 aliphatic carbocycles. The number of nitrogens with zero attached hydrogens (tertiary/aromatic N) is 3. The van der Waals surface area contributed by atoms with Gasteiger partial charge in [0.15, 0.2) is 0 Å². The average molecular weight is 262 g/mol. The Morgan fingerprint density at radius 1 is 1.16 bits per heavy atom. The van der Waals surface area contributed by atoms with Gasteiger partial charge >= 0.3 is 0 Å². The fourth-order valence-electron chi connectivity index (χ4n) is 2.64. The van der Waals surface area contributed by atoms with E-state index >= 15 is 0 Å². The summed E-state index contributed by atoms with van der Waals surface area (Å²) in [5.74, 6) is 0. The lowest BCUT2D eigenvalue weighted by molar-refractivity contribution is 0.249. The molecule has 4 nitrogen and oxygen atoms in total. The second-order valence-corrected chi connectivity index (χ2v) is 5.38. The molecule has 1 saturated heterocycles. The Morgan fingerprint density at radius 3 is 2.74 bits per heavy atom. The monoisotopic (exact) mass is 262 g/mol. The van der Waals surface area contributed by atoms with Crippen molar-refractivity contribution in [2.75, 3.05) is 39.3 Å². The summed E-state index contributed by atoms with van der Waals surface area (Å²) in [7, 11) is 0. The average Bonchev–Trinajstić information content (AvgIpc) is 2.62. The molecule has 106 valence electrons. The molecule has 0 aromatic carbocycles. The SMILES string of the molecule is Cc1cccc(CN2CCCN(CCCN)CC2)n1. The van der Waals surface area contributed by atoms with Crippen LogP contribution in [0.25, 0.3) is 0 Å². The number of pyridine rings is 1. The van der Waals surface area contributed by atoms with Gasteiger partial charge in [-0.1, -0.05) is 6.07 Å². The molecule has 4 heteroatoms. The molecule has 2 N–H and O–H groups in total. The standard InChI is InChI=1S/C15H26N4/c1-14-5-2-6-15(17-14)13-19-10-4-9-18(11-12-19)8-3-7-16/h2,5-6H,3-4,7-13,16H2,1H3. The molecule has 0 spiro atoms. The van der Waals surface area contributed by atoms with E-state index in [1.807, 2.05) is 0 Å². The summed E-state index contributed by atoms with van der Waals surface area (Å²) < 4.78 is 0. The van der Waals surface area contributed by atoms with Crippen molar-refractivity contribution in [1.82, 2.24) is 14.8 Å². The first-order valence-corrected chi connectivity index (χ1v) is 7.35. The normalized spacial score (nSPS) is 18.4. The van der Waals surface area contributed by atoms with Crippen LogP contribution in [0.3, 0.4) is 0 Å². The van der Waals surface area contributed by atoms with Gasteiger partial charge in [0.25, 0.3) is 0 Å². The van der Waals surface area contributed by atoms with Crippen LogP contribution in [0.15, 0.2) is 18.2 Å². The Labute approximate surface area is 116 Å². The highest BCUT2D eigenvalue weighted by Crippen LogP contribution is 2.08. The van der Waals surface area contributed by atoms with E-state index in [1.54, 1.807) is 0 Å². The summed E-state index contributed by atoms with van der Waals surface area (Å²) in [4.78, 5) is 9.65. The van der Waals surface area contributed by atoms with E-state index < -0.39 is 0 Å². The van der Waals surface area contributed by atoms with Crippen molar-refractivity contribution in [2.24, 2.45) is 5.73 Å². The number of rotatable bonds is 5. The zero-order valence-electron chi connectivity index (χ0n) is 12.0. The topological polar surface area (TPSA) is 45.4 Å². The van der Waals surface area contributed by atoms with Crippen molar-refractivity contribution in [3.05, 3.63) is 29.6 Å². The lowest BCUT2D eigenvalue weighted by atomic mass is 10.3. The largest absolute Gasteiger partial charge is 0.330 e. The molecule has 1 aliphatic heterocycles. The quantitative estimate of drug-likeness (QED) is 0.867. The molecule has 0 atom stereocenters. The number of hydrogen-bond acceptors (Lipinski definition) is 4. The molecule has 1 aliphatic rings. The van der Waals surface area contributed by atoms with Gasteiger partial charge in [0, 0.05) is 25.3 Å². The van der Waals surface area contributed by atoms with E-state index in [2.05, 4.69) is 39.9 Å². The Morgan fingerprint density at radius 2 is 1.95 bits per heavy atom. The first-order chi connectivity index (χ1) is 9.28. The predicted molar refractivity (Wildman–Crippen MR) is 79.0 cm³/mol. The molecule has 0 unspecified atom stereocenters. The van der Waals surface area contributed by atoms with Gasteiger partial charge in [-0.2, -0.15) is 0 Å². The van der Waals surface area contributed by atoms with Crippen LogP contribution in [-0.4, -0.2) is 54.1 Å². The maximum absolute atomic E-state index is 5.58. The third-order valence-corrected chi connectivity index (χ3v) is 3.69. The van der Waals surface area contributed by atoms with E-state index in [0.29, 0.717) is 0 Å². The molecule has 0 amide bonds. The van der Waals surface area contributed by atoms with E-state index in [-0.39, 0.29) is 0 Å². The summed E-state index contributed by atoms with van der Waals surface area (Å²) in [6.45, 7) is 9.66. The van der Waals surface area contributed by atoms with E-state index in [4.69, 9.17) is 5.73 Å². The van der Waals surface area contributed by atoms with E-state index in [9.17, 15) is 0 Å². The van der Waals surface area contributed by atoms with Crippen LogP contribution in [0, 0.1) is 6.92 Å². The summed E-state index contributed by atoms with van der Waals surface area (Å²) >= 11 is 0. The Hall–Kier alpha value is -0.970. The smallest absolute Gasteiger partial charge is 0.0547 e. The molecule has 2 rings (SSSR count). The van der Waals surface area contributed by atoms with Gasteiger partial charge in [0.1, 0.15) is 0 Å². The first-order valence-electron chi connectivity index (χ1n) is 7.35. The van der Waals surface area contributed by atoms with Crippen LogP contribution in [0.5, 0.6) is 0 Å². The molecule has 0 radical (unpaired) electrons. The van der Waals surface area contributed by atoms with Crippen molar-refractivity contribution < 1.29 is 0 Å². The van der Waals surface area contributed by atoms with E-state index in [0.717, 1.165) is 44.8 Å². The van der Waals surface area contributed by atoms with Crippen LogP contribution in [0.4, 0.5) is 0 Å². The lowest BCUT2D eigenvalue weighted by Gasteiger charge is -2.21. The van der Waals surface area contributed by atoms with Crippen molar-refractivity contribution in [2.45, 2.75) is 26.3 Å². The summed E-state index contributed by atoms with van der Waals surface area (Å²) in [5.41, 5.74) is 7.88. The van der Waals surface area contributed by atoms with Gasteiger partial charge < -0.3 is 10.6 Å². The van der Waals surface area contributed by atoms with Crippen molar-refractivity contribution in [3.63, 3.8) is 0 Å². The maximum Gasteiger partial charge on any atom is 0.0547 e. The van der Waals surface area contributed by atoms with Crippen molar-refractivity contribution in [1.29, 1.82) is 0 Å². The van der Waals surface area contributed by atoms with Crippen molar-refractivity contribution in [3.8, 4) is 0 Å². The van der Waals surface area contributed by atoms with Gasteiger partial charge in [-0.05, 0) is 58.1 Å². The Balaban J connectivity index is 1.82. The second kappa shape index (κ2) is 7.58.